The van der Waals surface area contributed by atoms with Gasteiger partial charge in [0.1, 0.15) is 8.42 Å². The van der Waals surface area contributed by atoms with Crippen molar-refractivity contribution < 1.29 is 16.8 Å². The third kappa shape index (κ3) is 12.2. The van der Waals surface area contributed by atoms with E-state index in [9.17, 15) is 16.8 Å². The van der Waals surface area contributed by atoms with Crippen molar-refractivity contribution in [1.82, 2.24) is 5.32 Å². The van der Waals surface area contributed by atoms with Crippen LogP contribution in [-0.4, -0.2) is 34.8 Å². The molecule has 6 nitrogen and oxygen atoms in total. The molecule has 0 radical (unpaired) electrons. The van der Waals surface area contributed by atoms with Gasteiger partial charge >= 0.3 is 0 Å². The Bertz CT molecular complexity index is 1340. The Balaban J connectivity index is 1.68. The summed E-state index contributed by atoms with van der Waals surface area (Å²) >= 11 is 0.811. The number of nitrogens with one attached hydrogen (secondary N) is 1. The molecule has 0 aliphatic carbocycles. The molecule has 0 saturated heterocycles. The first-order valence-electron chi connectivity index (χ1n) is 14.5. The quantitative estimate of drug-likeness (QED) is 0.102. The largest absolute Gasteiger partial charge is 0.310 e. The van der Waals surface area contributed by atoms with Crippen LogP contribution in [0.5, 0.6) is 0 Å². The van der Waals surface area contributed by atoms with Gasteiger partial charge in [-0.15, -0.1) is 11.3 Å². The van der Waals surface area contributed by atoms with Crippen molar-refractivity contribution in [1.29, 1.82) is 0 Å². The summed E-state index contributed by atoms with van der Waals surface area (Å²) in [6.07, 6.45) is 34.5. The molecule has 1 aromatic rings. The van der Waals surface area contributed by atoms with Gasteiger partial charge < -0.3 is 5.32 Å². The fourth-order valence-corrected chi connectivity index (χ4v) is 9.07. The molecule has 1 aliphatic rings. The van der Waals surface area contributed by atoms with Gasteiger partial charge in [-0.25, -0.2) is 8.42 Å². The van der Waals surface area contributed by atoms with Crippen LogP contribution in [-0.2, 0) is 19.9 Å². The molecule has 2 heterocycles. The topological polar surface area (TPSA) is 92.7 Å². The van der Waals surface area contributed by atoms with E-state index in [1.54, 1.807) is 6.92 Å². The molecule has 1 aliphatic heterocycles. The number of rotatable bonds is 18. The minimum absolute atomic E-state index is 0.0201. The Morgan fingerprint density at radius 2 is 1.37 bits per heavy atom. The van der Waals surface area contributed by atoms with Crippen molar-refractivity contribution in [3.05, 3.63) is 84.5 Å². The molecule has 1 N–H and O–H groups in total. The van der Waals surface area contributed by atoms with Crippen molar-refractivity contribution in [2.45, 2.75) is 98.3 Å². The lowest BCUT2D eigenvalue weighted by Crippen LogP contribution is -2.33. The van der Waals surface area contributed by atoms with Crippen LogP contribution in [0.3, 0.4) is 0 Å². The van der Waals surface area contributed by atoms with Crippen molar-refractivity contribution in [3.63, 3.8) is 0 Å². The minimum Gasteiger partial charge on any atom is -0.310 e. The lowest BCUT2D eigenvalue weighted by molar-refractivity contribution is 0.477. The molecule has 0 saturated carbocycles. The highest BCUT2D eigenvalue weighted by molar-refractivity contribution is 7.96. The molecule has 0 bridgehead atoms. The lowest BCUT2D eigenvalue weighted by Gasteiger charge is -2.27. The third-order valence-electron chi connectivity index (χ3n) is 6.41. The van der Waals surface area contributed by atoms with Crippen LogP contribution in [0, 0.1) is 0 Å². The van der Waals surface area contributed by atoms with Crippen LogP contribution in [0.2, 0.25) is 0 Å². The summed E-state index contributed by atoms with van der Waals surface area (Å²) in [6.45, 7) is 6.42. The Labute approximate surface area is 252 Å². The molecule has 1 aromatic heterocycles. The zero-order chi connectivity index (χ0) is 30.0. The van der Waals surface area contributed by atoms with Gasteiger partial charge in [-0.2, -0.15) is 12.8 Å². The maximum atomic E-state index is 12.8. The van der Waals surface area contributed by atoms with Crippen molar-refractivity contribution in [3.8, 4) is 0 Å². The monoisotopic (exact) mass is 618 g/mol. The highest BCUT2D eigenvalue weighted by Crippen LogP contribution is 2.43. The number of thiophene rings is 1. The van der Waals surface area contributed by atoms with E-state index in [1.807, 2.05) is 13.0 Å². The summed E-state index contributed by atoms with van der Waals surface area (Å²) < 4.78 is 55.0. The van der Waals surface area contributed by atoms with Gasteiger partial charge in [0.25, 0.3) is 10.0 Å². The number of sulfonamides is 1. The second-order valence-corrected chi connectivity index (χ2v) is 15.2. The number of allylic oxidation sites excluding steroid dienone is 12. The maximum absolute atomic E-state index is 12.8. The molecule has 2 rings (SSSR count). The average Bonchev–Trinajstić information content (AvgIpc) is 3.41. The zero-order valence-corrected chi connectivity index (χ0v) is 27.1. The number of hydrogen-bond acceptors (Lipinski definition) is 6. The van der Waals surface area contributed by atoms with E-state index in [0.717, 1.165) is 49.9 Å². The van der Waals surface area contributed by atoms with Crippen LogP contribution in [0.4, 0.5) is 0 Å². The summed E-state index contributed by atoms with van der Waals surface area (Å²) in [7, 11) is -7.47. The normalized spacial score (nSPS) is 19.9. The van der Waals surface area contributed by atoms with Gasteiger partial charge in [-0.05, 0) is 77.3 Å². The lowest BCUT2D eigenvalue weighted by atomic mass is 10.1. The van der Waals surface area contributed by atoms with E-state index in [1.165, 1.54) is 12.3 Å². The van der Waals surface area contributed by atoms with E-state index in [2.05, 4.69) is 83.5 Å². The highest BCUT2D eigenvalue weighted by atomic mass is 32.3. The number of sulfone groups is 1. The van der Waals surface area contributed by atoms with Crippen LogP contribution >= 0.6 is 11.3 Å². The van der Waals surface area contributed by atoms with Crippen molar-refractivity contribution in [2.24, 2.45) is 4.40 Å². The van der Waals surface area contributed by atoms with Gasteiger partial charge in [0, 0.05) is 17.8 Å². The second-order valence-electron chi connectivity index (χ2n) is 9.77. The number of hydrogen-bond donors (Lipinski definition) is 1. The molecule has 0 fully saturated rings. The predicted molar refractivity (Wildman–Crippen MR) is 175 cm³/mol. The maximum Gasteiger partial charge on any atom is 0.291 e. The van der Waals surface area contributed by atoms with Crippen LogP contribution in [0.15, 0.2) is 91.8 Å². The van der Waals surface area contributed by atoms with Crippen molar-refractivity contribution >= 4 is 37.4 Å². The number of unbranched alkanes of at least 4 members (excludes halogenated alkanes) is 1. The first-order valence-corrected chi connectivity index (χ1v) is 18.3. The molecule has 2 atom stereocenters. The van der Waals surface area contributed by atoms with E-state index >= 15 is 0 Å². The van der Waals surface area contributed by atoms with Gasteiger partial charge in [-0.3, -0.25) is 0 Å². The smallest absolute Gasteiger partial charge is 0.291 e. The van der Waals surface area contributed by atoms with Crippen molar-refractivity contribution in [2.75, 3.05) is 6.54 Å². The van der Waals surface area contributed by atoms with Crippen LogP contribution in [0.1, 0.15) is 90.2 Å². The summed E-state index contributed by atoms with van der Waals surface area (Å²) in [5, 5.41) is 2.71. The average molecular weight is 619 g/mol. The summed E-state index contributed by atoms with van der Waals surface area (Å²) in [4.78, 5) is 0. The standard InChI is InChI=1S/C32H46N2O4S3/c1-4-6-7-8-9-10-11-12-13-14-15-16-17-18-19-20-21-22-23-24-25-34-41(37,38)31-27-29-30(33-5-2)26-28(3)40(35,36)32(29)39-31/h6-7,9-10,12-13,15-16,18-19,21-22,25,27-28,30,33H,4-5,8,11,14,17,20,23-24,26H2,1-3H3/b7-6-,10-9-,13-12-,16-15-,19-18-,22-21-,34-25?/t28-,30-/m0/s1. The fourth-order valence-electron chi connectivity index (χ4n) is 4.18. The molecule has 0 spiro atoms. The first kappa shape index (κ1) is 34.9. The second kappa shape index (κ2) is 19.0. The minimum atomic E-state index is -3.94. The Morgan fingerprint density at radius 3 is 1.88 bits per heavy atom. The van der Waals surface area contributed by atoms with Gasteiger partial charge in [-0.1, -0.05) is 86.8 Å². The SMILES string of the molecule is CC/C=C\C/C=C\C/C=C\C/C=C\C/C=C\C/C=C\CCC=NS(=O)(=O)c1cc2c(s1)S(=O)(=O)[C@@H](C)C[C@@H]2NCC. The summed E-state index contributed by atoms with van der Waals surface area (Å²) in [6, 6.07) is 1.31. The zero-order valence-electron chi connectivity index (χ0n) is 24.6. The number of nitrogens with zero attached hydrogens (tertiary/aromatic N) is 1. The fraction of sp³-hybridized carbons (Fsp3) is 0.469. The molecule has 0 aromatic carbocycles. The summed E-state index contributed by atoms with van der Waals surface area (Å²) in [5.74, 6) is 0. The Kier molecular flexibility index (Phi) is 16.1. The molecule has 9 heteroatoms. The van der Waals surface area contributed by atoms with Gasteiger partial charge in [0.2, 0.25) is 0 Å². The molecule has 0 unspecified atom stereocenters. The first-order chi connectivity index (χ1) is 19.7. The van der Waals surface area contributed by atoms with Gasteiger partial charge in [0.05, 0.1) is 5.25 Å². The van der Waals surface area contributed by atoms with E-state index < -0.39 is 25.1 Å². The molecule has 41 heavy (non-hydrogen) atoms. The van der Waals surface area contributed by atoms with E-state index in [-0.39, 0.29) is 14.5 Å². The van der Waals surface area contributed by atoms with E-state index in [0.29, 0.717) is 31.4 Å². The van der Waals surface area contributed by atoms with Gasteiger partial charge in [0.15, 0.2) is 9.84 Å². The predicted octanol–water partition coefficient (Wildman–Crippen LogP) is 8.20. The number of fused-ring (bicyclic) bond motifs is 1. The van der Waals surface area contributed by atoms with Crippen LogP contribution in [0.25, 0.3) is 0 Å². The van der Waals surface area contributed by atoms with E-state index in [4.69, 9.17) is 0 Å². The Hall–Kier alpha value is -2.33. The molecule has 0 amide bonds. The van der Waals surface area contributed by atoms with Crippen LogP contribution < -0.4 is 5.32 Å². The third-order valence-corrected chi connectivity index (χ3v) is 12.0. The molecular weight excluding hydrogens is 573 g/mol. The molecule has 226 valence electrons. The summed E-state index contributed by atoms with van der Waals surface area (Å²) in [5.41, 5.74) is 0.543. The highest BCUT2D eigenvalue weighted by Gasteiger charge is 2.39. The molecular formula is C32H46N2O4S3. The Morgan fingerprint density at radius 1 is 0.854 bits per heavy atom.